The maximum absolute atomic E-state index is 6.14. The van der Waals surface area contributed by atoms with E-state index in [2.05, 4.69) is 60.4 Å². The van der Waals surface area contributed by atoms with Crippen LogP contribution in [0.25, 0.3) is 22.3 Å². The highest BCUT2D eigenvalue weighted by Gasteiger charge is 2.19. The smallest absolute Gasteiger partial charge is 0.0598 e. The Hall–Kier alpha value is -1.80. The summed E-state index contributed by atoms with van der Waals surface area (Å²) in [4.78, 5) is 2.57. The van der Waals surface area contributed by atoms with Crippen LogP contribution in [0, 0.1) is 0 Å². The average molecular weight is 396 g/mol. The van der Waals surface area contributed by atoms with E-state index in [1.807, 2.05) is 18.2 Å². The van der Waals surface area contributed by atoms with Crippen molar-refractivity contribution in [2.45, 2.75) is 25.8 Å². The van der Waals surface area contributed by atoms with Gasteiger partial charge in [-0.25, -0.2) is 0 Å². The second-order valence-electron chi connectivity index (χ2n) is 7.25. The summed E-state index contributed by atoms with van der Waals surface area (Å²) in [5, 5.41) is 1.17. The number of rotatable bonds is 4. The normalized spacial score (nSPS) is 15.8. The Morgan fingerprint density at radius 3 is 1.70 bits per heavy atom. The van der Waals surface area contributed by atoms with Crippen LogP contribution in [0.1, 0.15) is 31.4 Å². The SMILES string of the molecule is CC(c1ccc(-c2ccc(-c3ccc(Cl)c(Cl)c3)cc2)cc1)N1CCCC1. The Morgan fingerprint density at radius 1 is 0.667 bits per heavy atom. The predicted octanol–water partition coefficient (Wildman–Crippen LogP) is 7.48. The number of hydrogen-bond acceptors (Lipinski definition) is 1. The van der Waals surface area contributed by atoms with Crippen molar-refractivity contribution < 1.29 is 0 Å². The third kappa shape index (κ3) is 4.06. The van der Waals surface area contributed by atoms with Gasteiger partial charge >= 0.3 is 0 Å². The van der Waals surface area contributed by atoms with Gasteiger partial charge in [-0.1, -0.05) is 77.8 Å². The van der Waals surface area contributed by atoms with Crippen molar-refractivity contribution in [3.63, 3.8) is 0 Å². The van der Waals surface area contributed by atoms with Crippen molar-refractivity contribution in [1.82, 2.24) is 4.90 Å². The minimum Gasteiger partial charge on any atom is -0.297 e. The molecule has 4 rings (SSSR count). The van der Waals surface area contributed by atoms with E-state index in [9.17, 15) is 0 Å². The quantitative estimate of drug-likeness (QED) is 0.442. The fourth-order valence-corrected chi connectivity index (χ4v) is 4.12. The van der Waals surface area contributed by atoms with Crippen LogP contribution in [0.4, 0.5) is 0 Å². The van der Waals surface area contributed by atoms with Crippen molar-refractivity contribution in [1.29, 1.82) is 0 Å². The van der Waals surface area contributed by atoms with Crippen LogP contribution in [0.5, 0.6) is 0 Å². The Morgan fingerprint density at radius 2 is 1.15 bits per heavy atom. The number of hydrogen-bond donors (Lipinski definition) is 0. The van der Waals surface area contributed by atoms with Gasteiger partial charge in [0.2, 0.25) is 0 Å². The van der Waals surface area contributed by atoms with Crippen LogP contribution in [-0.4, -0.2) is 18.0 Å². The van der Waals surface area contributed by atoms with Crippen molar-refractivity contribution in [3.05, 3.63) is 82.3 Å². The van der Waals surface area contributed by atoms with Crippen molar-refractivity contribution >= 4 is 23.2 Å². The summed E-state index contributed by atoms with van der Waals surface area (Å²) in [5.41, 5.74) is 6.07. The van der Waals surface area contributed by atoms with Crippen LogP contribution in [0.3, 0.4) is 0 Å². The van der Waals surface area contributed by atoms with E-state index in [-0.39, 0.29) is 0 Å². The largest absolute Gasteiger partial charge is 0.297 e. The minimum atomic E-state index is 0.499. The van der Waals surface area contributed by atoms with Crippen LogP contribution in [-0.2, 0) is 0 Å². The lowest BCUT2D eigenvalue weighted by Gasteiger charge is -2.24. The second-order valence-corrected chi connectivity index (χ2v) is 8.06. The first kappa shape index (κ1) is 18.6. The molecule has 1 unspecified atom stereocenters. The molecule has 1 heterocycles. The number of nitrogens with zero attached hydrogens (tertiary/aromatic N) is 1. The summed E-state index contributed by atoms with van der Waals surface area (Å²) in [6.45, 7) is 4.75. The molecular weight excluding hydrogens is 373 g/mol. The zero-order chi connectivity index (χ0) is 18.8. The van der Waals surface area contributed by atoms with Crippen molar-refractivity contribution in [3.8, 4) is 22.3 Å². The molecule has 0 aliphatic carbocycles. The van der Waals surface area contributed by atoms with E-state index in [4.69, 9.17) is 23.2 Å². The molecule has 1 nitrogen and oxygen atoms in total. The molecule has 138 valence electrons. The molecule has 0 aromatic heterocycles. The zero-order valence-corrected chi connectivity index (χ0v) is 17.0. The minimum absolute atomic E-state index is 0.499. The first-order chi connectivity index (χ1) is 13.1. The molecule has 3 aromatic carbocycles. The Kier molecular flexibility index (Phi) is 5.54. The van der Waals surface area contributed by atoms with Gasteiger partial charge in [-0.3, -0.25) is 4.90 Å². The molecule has 0 N–H and O–H groups in total. The first-order valence-electron chi connectivity index (χ1n) is 9.52. The zero-order valence-electron chi connectivity index (χ0n) is 15.5. The molecule has 1 atom stereocenters. The van der Waals surface area contributed by atoms with Crippen LogP contribution >= 0.6 is 23.2 Å². The van der Waals surface area contributed by atoms with E-state index in [0.29, 0.717) is 16.1 Å². The monoisotopic (exact) mass is 395 g/mol. The highest BCUT2D eigenvalue weighted by atomic mass is 35.5. The number of halogens is 2. The van der Waals surface area contributed by atoms with E-state index in [1.165, 1.54) is 42.6 Å². The van der Waals surface area contributed by atoms with Gasteiger partial charge in [-0.15, -0.1) is 0 Å². The van der Waals surface area contributed by atoms with Crippen LogP contribution in [0.15, 0.2) is 66.7 Å². The summed E-state index contributed by atoms with van der Waals surface area (Å²) in [6, 6.07) is 23.8. The van der Waals surface area contributed by atoms with Gasteiger partial charge in [0.1, 0.15) is 0 Å². The molecule has 1 fully saturated rings. The number of likely N-dealkylation sites (tertiary alicyclic amines) is 1. The lowest BCUT2D eigenvalue weighted by Crippen LogP contribution is -2.23. The van der Waals surface area contributed by atoms with E-state index in [1.54, 1.807) is 0 Å². The fraction of sp³-hybridized carbons (Fsp3) is 0.250. The molecule has 0 saturated carbocycles. The van der Waals surface area contributed by atoms with Gasteiger partial charge in [-0.05, 0) is 72.8 Å². The van der Waals surface area contributed by atoms with Gasteiger partial charge in [0.25, 0.3) is 0 Å². The average Bonchev–Trinajstić information content (AvgIpc) is 3.25. The molecule has 0 spiro atoms. The highest BCUT2D eigenvalue weighted by Crippen LogP contribution is 2.31. The van der Waals surface area contributed by atoms with E-state index < -0.39 is 0 Å². The van der Waals surface area contributed by atoms with Gasteiger partial charge in [0, 0.05) is 6.04 Å². The second kappa shape index (κ2) is 8.06. The van der Waals surface area contributed by atoms with Crippen LogP contribution in [0.2, 0.25) is 10.0 Å². The third-order valence-electron chi connectivity index (χ3n) is 5.55. The van der Waals surface area contributed by atoms with Crippen molar-refractivity contribution in [2.75, 3.05) is 13.1 Å². The molecule has 0 radical (unpaired) electrons. The molecule has 0 amide bonds. The summed E-state index contributed by atoms with van der Waals surface area (Å²) in [5.74, 6) is 0. The fourth-order valence-electron chi connectivity index (χ4n) is 3.82. The molecule has 0 bridgehead atoms. The molecule has 1 saturated heterocycles. The Balaban J connectivity index is 1.52. The summed E-state index contributed by atoms with van der Waals surface area (Å²) in [7, 11) is 0. The maximum atomic E-state index is 6.14. The summed E-state index contributed by atoms with van der Waals surface area (Å²) in [6.07, 6.45) is 2.65. The number of benzene rings is 3. The molecule has 1 aliphatic rings. The molecule has 3 heteroatoms. The molecule has 27 heavy (non-hydrogen) atoms. The van der Waals surface area contributed by atoms with Crippen LogP contribution < -0.4 is 0 Å². The van der Waals surface area contributed by atoms with Crippen molar-refractivity contribution in [2.24, 2.45) is 0 Å². The lowest BCUT2D eigenvalue weighted by atomic mass is 9.98. The molecule has 3 aromatic rings. The predicted molar refractivity (Wildman–Crippen MR) is 117 cm³/mol. The first-order valence-corrected chi connectivity index (χ1v) is 10.3. The molecule has 1 aliphatic heterocycles. The topological polar surface area (TPSA) is 3.24 Å². The molecular formula is C24H23Cl2N. The lowest BCUT2D eigenvalue weighted by molar-refractivity contribution is 0.263. The van der Waals surface area contributed by atoms with E-state index >= 15 is 0 Å². The summed E-state index contributed by atoms with van der Waals surface area (Å²) >= 11 is 12.2. The Labute approximate surface area is 171 Å². The van der Waals surface area contributed by atoms with Gasteiger partial charge < -0.3 is 0 Å². The van der Waals surface area contributed by atoms with E-state index in [0.717, 1.165) is 11.1 Å². The van der Waals surface area contributed by atoms with Gasteiger partial charge in [-0.2, -0.15) is 0 Å². The summed E-state index contributed by atoms with van der Waals surface area (Å²) < 4.78 is 0. The van der Waals surface area contributed by atoms with Gasteiger partial charge in [0.15, 0.2) is 0 Å². The Bertz CT molecular complexity index is 910. The third-order valence-corrected chi connectivity index (χ3v) is 6.29. The highest BCUT2D eigenvalue weighted by molar-refractivity contribution is 6.42. The standard InChI is InChI=1S/C24H23Cl2N/c1-17(27-14-2-3-15-27)18-4-6-19(7-5-18)20-8-10-21(11-9-20)22-12-13-23(25)24(26)16-22/h4-13,16-17H,2-3,14-15H2,1H3. The van der Waals surface area contributed by atoms with Gasteiger partial charge in [0.05, 0.1) is 10.0 Å². The maximum Gasteiger partial charge on any atom is 0.0598 e.